The zero-order chi connectivity index (χ0) is 33.7. The van der Waals surface area contributed by atoms with Gasteiger partial charge in [0, 0.05) is 47.4 Å². The van der Waals surface area contributed by atoms with Crippen molar-refractivity contribution in [3.05, 3.63) is 88.2 Å². The molecule has 2 aromatic carbocycles. The van der Waals surface area contributed by atoms with E-state index < -0.39 is 47.5 Å². The Balaban J connectivity index is 1.11. The molecule has 1 unspecified atom stereocenters. The summed E-state index contributed by atoms with van der Waals surface area (Å²) >= 11 is 1.26. The number of carbonyl (C=O) groups is 3. The molecule has 3 amide bonds. The van der Waals surface area contributed by atoms with E-state index in [0.717, 1.165) is 30.6 Å². The number of nitrogens with one attached hydrogen (secondary N) is 1. The van der Waals surface area contributed by atoms with Gasteiger partial charge in [-0.25, -0.2) is 23.5 Å². The third kappa shape index (κ3) is 6.07. The van der Waals surface area contributed by atoms with Gasteiger partial charge in [0.15, 0.2) is 11.2 Å². The van der Waals surface area contributed by atoms with Crippen LogP contribution in [0.1, 0.15) is 78.4 Å². The topological polar surface area (TPSA) is 110 Å². The number of likely N-dealkylation sites (tertiary alicyclic amines) is 1. The number of aromatic nitrogens is 3. The van der Waals surface area contributed by atoms with Crippen LogP contribution in [0, 0.1) is 5.82 Å². The van der Waals surface area contributed by atoms with Gasteiger partial charge in [-0.05, 0) is 68.9 Å². The van der Waals surface area contributed by atoms with E-state index >= 15 is 8.78 Å². The van der Waals surface area contributed by atoms with Crippen LogP contribution in [0.5, 0.6) is 0 Å². The number of halogens is 2. The minimum Gasteiger partial charge on any atom is -0.444 e. The largest absolute Gasteiger partial charge is 0.444 e. The van der Waals surface area contributed by atoms with E-state index in [0.29, 0.717) is 34.9 Å². The standard InChI is InChI=1S/C35H36F2N6O4S/c1-35(2,3)47-34(46)41-13-10-23(27(37)18-41)21-8-6-20(7-9-21)22-15-24-25(26(36)16-22)17-43(32(24)45)30(31(44)40-33-38-11-14-48-33)29-28-5-4-12-42(28)19-39-29/h6-9,11,14-16,19,23,27,30H,4-5,10,12-13,17-18H2,1-3H3,(H,38,40,44)/t23-,27+,30?/m0/s1. The summed E-state index contributed by atoms with van der Waals surface area (Å²) in [5.41, 5.74) is 3.08. The zero-order valence-electron chi connectivity index (χ0n) is 26.9. The third-order valence-electron chi connectivity index (χ3n) is 9.15. The number of benzene rings is 2. The average Bonchev–Trinajstić information content (AvgIpc) is 3.85. The second kappa shape index (κ2) is 12.4. The van der Waals surface area contributed by atoms with Crippen molar-refractivity contribution in [2.45, 2.75) is 76.9 Å². The first-order valence-electron chi connectivity index (χ1n) is 16.1. The van der Waals surface area contributed by atoms with Gasteiger partial charge in [0.1, 0.15) is 17.6 Å². The number of carbonyl (C=O) groups excluding carboxylic acids is 3. The Bertz CT molecular complexity index is 1870. The summed E-state index contributed by atoms with van der Waals surface area (Å²) in [5, 5.41) is 4.95. The lowest BCUT2D eigenvalue weighted by molar-refractivity contribution is -0.121. The Morgan fingerprint density at radius 3 is 2.60 bits per heavy atom. The van der Waals surface area contributed by atoms with Crippen LogP contribution in [0.15, 0.2) is 54.3 Å². The summed E-state index contributed by atoms with van der Waals surface area (Å²) in [4.78, 5) is 51.6. The molecule has 2 aromatic heterocycles. The molecule has 7 rings (SSSR count). The van der Waals surface area contributed by atoms with Crippen LogP contribution in [0.4, 0.5) is 18.7 Å². The van der Waals surface area contributed by atoms with Crippen LogP contribution in [0.2, 0.25) is 0 Å². The molecule has 4 aromatic rings. The van der Waals surface area contributed by atoms with Crippen LogP contribution >= 0.6 is 11.3 Å². The number of thiazole rings is 1. The molecule has 5 heterocycles. The van der Waals surface area contributed by atoms with Gasteiger partial charge in [0.2, 0.25) is 0 Å². The number of hydrogen-bond donors (Lipinski definition) is 1. The number of piperidine rings is 1. The predicted octanol–water partition coefficient (Wildman–Crippen LogP) is 6.49. The SMILES string of the molecule is CC(C)(C)OC(=O)N1CC[C@@H](c2ccc(-c3cc(F)c4c(c3)C(=O)N(C(C(=O)Nc3nccs3)c3ncn5c3CCC5)C4)cc2)[C@H](F)C1. The van der Waals surface area contributed by atoms with E-state index in [1.54, 1.807) is 56.9 Å². The number of imidazole rings is 1. The molecule has 48 heavy (non-hydrogen) atoms. The summed E-state index contributed by atoms with van der Waals surface area (Å²) in [6.07, 6.45) is 3.55. The molecule has 3 atom stereocenters. The fraction of sp³-hybridized carbons (Fsp3) is 0.400. The van der Waals surface area contributed by atoms with E-state index in [4.69, 9.17) is 4.74 Å². The predicted molar refractivity (Wildman–Crippen MR) is 176 cm³/mol. The molecular formula is C35H36F2N6O4S. The van der Waals surface area contributed by atoms with Crippen LogP contribution in [0.3, 0.4) is 0 Å². The number of rotatable bonds is 6. The number of aryl methyl sites for hydroxylation is 1. The van der Waals surface area contributed by atoms with Crippen molar-refractivity contribution < 1.29 is 27.9 Å². The van der Waals surface area contributed by atoms with E-state index in [1.165, 1.54) is 27.2 Å². The highest BCUT2D eigenvalue weighted by Gasteiger charge is 2.42. The summed E-state index contributed by atoms with van der Waals surface area (Å²) in [7, 11) is 0. The molecule has 0 bridgehead atoms. The molecule has 0 spiro atoms. The van der Waals surface area contributed by atoms with Gasteiger partial charge in [-0.15, -0.1) is 11.3 Å². The summed E-state index contributed by atoms with van der Waals surface area (Å²) in [6.45, 7) is 6.35. The molecule has 0 radical (unpaired) electrons. The normalized spacial score (nSPS) is 19.6. The highest BCUT2D eigenvalue weighted by atomic mass is 32.1. The summed E-state index contributed by atoms with van der Waals surface area (Å²) < 4.78 is 38.4. The number of hydrogen-bond acceptors (Lipinski definition) is 7. The Hall–Kier alpha value is -4.65. The first-order valence-corrected chi connectivity index (χ1v) is 16.9. The first kappa shape index (κ1) is 31.9. The van der Waals surface area contributed by atoms with E-state index in [9.17, 15) is 14.4 Å². The molecule has 1 saturated heterocycles. The highest BCUT2D eigenvalue weighted by Crippen LogP contribution is 2.39. The highest BCUT2D eigenvalue weighted by molar-refractivity contribution is 7.13. The Morgan fingerprint density at radius 2 is 1.90 bits per heavy atom. The van der Waals surface area contributed by atoms with Crippen LogP contribution < -0.4 is 5.32 Å². The maximum absolute atomic E-state index is 15.7. The van der Waals surface area contributed by atoms with Gasteiger partial charge in [0.05, 0.1) is 25.1 Å². The lowest BCUT2D eigenvalue weighted by Gasteiger charge is -2.35. The van der Waals surface area contributed by atoms with Crippen molar-refractivity contribution >= 4 is 34.4 Å². The quantitative estimate of drug-likeness (QED) is 0.251. The second-order valence-corrected chi connectivity index (χ2v) is 14.4. The fourth-order valence-electron chi connectivity index (χ4n) is 6.86. The molecule has 3 aliphatic rings. The Labute approximate surface area is 280 Å². The van der Waals surface area contributed by atoms with Gasteiger partial charge < -0.3 is 19.1 Å². The number of anilines is 1. The number of nitrogens with zero attached hydrogens (tertiary/aromatic N) is 5. The lowest BCUT2D eigenvalue weighted by atomic mass is 9.87. The minimum atomic E-state index is -1.27. The molecule has 10 nitrogen and oxygen atoms in total. The van der Waals surface area contributed by atoms with E-state index in [-0.39, 0.29) is 24.2 Å². The maximum atomic E-state index is 15.7. The van der Waals surface area contributed by atoms with Crippen molar-refractivity contribution in [2.75, 3.05) is 18.4 Å². The van der Waals surface area contributed by atoms with Crippen molar-refractivity contribution in [1.82, 2.24) is 24.3 Å². The van der Waals surface area contributed by atoms with Crippen LogP contribution in [-0.4, -0.2) is 67.1 Å². The smallest absolute Gasteiger partial charge is 0.410 e. The molecule has 1 fully saturated rings. The molecule has 13 heteroatoms. The minimum absolute atomic E-state index is 0.0550. The number of ether oxygens (including phenoxy) is 1. The zero-order valence-corrected chi connectivity index (χ0v) is 27.7. The van der Waals surface area contributed by atoms with Crippen molar-refractivity contribution in [2.24, 2.45) is 0 Å². The van der Waals surface area contributed by atoms with E-state index in [2.05, 4.69) is 15.3 Å². The van der Waals surface area contributed by atoms with Crippen LogP contribution in [-0.2, 0) is 29.0 Å². The van der Waals surface area contributed by atoms with Gasteiger partial charge in [-0.1, -0.05) is 24.3 Å². The average molecular weight is 675 g/mol. The van der Waals surface area contributed by atoms with Crippen molar-refractivity contribution in [3.8, 4) is 11.1 Å². The van der Waals surface area contributed by atoms with Crippen molar-refractivity contribution in [1.29, 1.82) is 0 Å². The summed E-state index contributed by atoms with van der Waals surface area (Å²) in [5.74, 6) is -1.87. The third-order valence-corrected chi connectivity index (χ3v) is 9.84. The number of amides is 3. The Kier molecular flexibility index (Phi) is 8.26. The van der Waals surface area contributed by atoms with Gasteiger partial charge in [-0.3, -0.25) is 14.9 Å². The van der Waals surface area contributed by atoms with E-state index in [1.807, 2.05) is 16.7 Å². The lowest BCUT2D eigenvalue weighted by Crippen LogP contribution is -2.46. The molecule has 0 aliphatic carbocycles. The van der Waals surface area contributed by atoms with Crippen LogP contribution in [0.25, 0.3) is 11.1 Å². The first-order chi connectivity index (χ1) is 23.0. The molecular weight excluding hydrogens is 638 g/mol. The molecule has 1 N–H and O–H groups in total. The maximum Gasteiger partial charge on any atom is 0.410 e. The second-order valence-electron chi connectivity index (χ2n) is 13.5. The monoisotopic (exact) mass is 674 g/mol. The number of fused-ring (bicyclic) bond motifs is 2. The molecule has 0 saturated carbocycles. The van der Waals surface area contributed by atoms with Gasteiger partial charge in [0.25, 0.3) is 11.8 Å². The molecule has 250 valence electrons. The number of alkyl halides is 1. The Morgan fingerprint density at radius 1 is 1.10 bits per heavy atom. The van der Waals surface area contributed by atoms with Gasteiger partial charge >= 0.3 is 6.09 Å². The molecule has 3 aliphatic heterocycles. The fourth-order valence-corrected chi connectivity index (χ4v) is 7.39. The van der Waals surface area contributed by atoms with Gasteiger partial charge in [-0.2, -0.15) is 0 Å². The van der Waals surface area contributed by atoms with Crippen molar-refractivity contribution in [3.63, 3.8) is 0 Å². The summed E-state index contributed by atoms with van der Waals surface area (Å²) in [6, 6.07) is 9.18.